The molecule has 0 aromatic heterocycles. The first-order valence-corrected chi connectivity index (χ1v) is 6.21. The summed E-state index contributed by atoms with van der Waals surface area (Å²) in [5.74, 6) is -0.730. The van der Waals surface area contributed by atoms with Gasteiger partial charge in [0.05, 0.1) is 33.3 Å². The fourth-order valence-electron chi connectivity index (χ4n) is 1.67. The van der Waals surface area contributed by atoms with Gasteiger partial charge in [-0.15, -0.1) is 0 Å². The van der Waals surface area contributed by atoms with Crippen molar-refractivity contribution in [2.45, 2.75) is 0 Å². The number of nitro groups is 2. The number of hydrogen-bond donors (Lipinski definition) is 0. The van der Waals surface area contributed by atoms with E-state index in [-0.39, 0.29) is 11.1 Å². The first kappa shape index (κ1) is 15.8. The fraction of sp³-hybridized carbons (Fsp3) is 0. The van der Waals surface area contributed by atoms with E-state index in [0.29, 0.717) is 0 Å². The molecule has 0 saturated carbocycles. The number of oxime groups is 1. The Labute approximate surface area is 129 Å². The Bertz CT molecular complexity index is 788. The number of carbonyl (C=O) groups is 1. The Morgan fingerprint density at radius 3 is 2.35 bits per heavy atom. The van der Waals surface area contributed by atoms with Crippen molar-refractivity contribution in [3.63, 3.8) is 0 Å². The van der Waals surface area contributed by atoms with Gasteiger partial charge in [-0.1, -0.05) is 23.4 Å². The molecule has 2 aromatic rings. The van der Waals surface area contributed by atoms with Crippen molar-refractivity contribution in [2.24, 2.45) is 5.16 Å². The Kier molecular flexibility index (Phi) is 4.72. The predicted molar refractivity (Wildman–Crippen MR) is 79.2 cm³/mol. The highest BCUT2D eigenvalue weighted by molar-refractivity contribution is 5.90. The number of rotatable bonds is 5. The molecule has 23 heavy (non-hydrogen) atoms. The van der Waals surface area contributed by atoms with E-state index in [1.807, 2.05) is 0 Å². The van der Waals surface area contributed by atoms with Crippen molar-refractivity contribution in [3.05, 3.63) is 79.9 Å². The molecule has 2 aromatic carbocycles. The van der Waals surface area contributed by atoms with Gasteiger partial charge in [-0.05, 0) is 18.2 Å². The van der Waals surface area contributed by atoms with E-state index < -0.39 is 27.2 Å². The van der Waals surface area contributed by atoms with Crippen molar-refractivity contribution >= 4 is 23.6 Å². The van der Waals surface area contributed by atoms with Gasteiger partial charge < -0.3 is 4.84 Å². The summed E-state index contributed by atoms with van der Waals surface area (Å²) in [6, 6.07) is 11.1. The van der Waals surface area contributed by atoms with Crippen LogP contribution < -0.4 is 0 Å². The van der Waals surface area contributed by atoms with Crippen LogP contribution in [0.2, 0.25) is 0 Å². The van der Waals surface area contributed by atoms with Crippen LogP contribution >= 0.6 is 0 Å². The Hall–Kier alpha value is -3.62. The van der Waals surface area contributed by atoms with Crippen LogP contribution in [0.15, 0.2) is 53.7 Å². The van der Waals surface area contributed by atoms with Crippen molar-refractivity contribution < 1.29 is 19.5 Å². The molecule has 0 amide bonds. The standard InChI is InChI=1S/C14H9N3O6/c18-14(10-4-2-1-3-5-10)23-15-9-11-6-7-12(16(19)20)8-13(11)17(21)22/h1-9H/b15-9+. The summed E-state index contributed by atoms with van der Waals surface area (Å²) >= 11 is 0. The average Bonchev–Trinajstić information content (AvgIpc) is 2.55. The van der Waals surface area contributed by atoms with E-state index in [0.717, 1.165) is 24.4 Å². The van der Waals surface area contributed by atoms with Crippen LogP contribution in [0.4, 0.5) is 11.4 Å². The molecule has 2 rings (SSSR count). The zero-order valence-electron chi connectivity index (χ0n) is 11.5. The normalized spacial score (nSPS) is 10.4. The molecule has 0 unspecified atom stereocenters. The fourth-order valence-corrected chi connectivity index (χ4v) is 1.67. The lowest BCUT2D eigenvalue weighted by molar-refractivity contribution is -0.394. The first-order chi connectivity index (χ1) is 11.0. The SMILES string of the molecule is O=C(O/N=C/c1ccc([N+](=O)[O-])cc1[N+](=O)[O-])c1ccccc1. The lowest BCUT2D eigenvalue weighted by atomic mass is 10.2. The van der Waals surface area contributed by atoms with Gasteiger partial charge in [-0.25, -0.2) is 4.79 Å². The number of nitro benzene ring substituents is 2. The Balaban J connectivity index is 2.17. The minimum absolute atomic E-state index is 0.0264. The quantitative estimate of drug-likeness (QED) is 0.361. The number of hydrogen-bond acceptors (Lipinski definition) is 7. The molecular formula is C14H9N3O6. The van der Waals surface area contributed by atoms with E-state index in [9.17, 15) is 25.0 Å². The van der Waals surface area contributed by atoms with Gasteiger partial charge in [-0.2, -0.15) is 0 Å². The van der Waals surface area contributed by atoms with Gasteiger partial charge in [-0.3, -0.25) is 20.2 Å². The second-order valence-electron chi connectivity index (χ2n) is 4.24. The summed E-state index contributed by atoms with van der Waals surface area (Å²) in [5, 5.41) is 24.9. The molecule has 0 atom stereocenters. The maximum absolute atomic E-state index is 11.6. The van der Waals surface area contributed by atoms with Gasteiger partial charge in [0.25, 0.3) is 11.4 Å². The number of benzene rings is 2. The Morgan fingerprint density at radius 1 is 1.04 bits per heavy atom. The monoisotopic (exact) mass is 315 g/mol. The topological polar surface area (TPSA) is 125 Å². The molecule has 0 heterocycles. The highest BCUT2D eigenvalue weighted by atomic mass is 16.7. The van der Waals surface area contributed by atoms with Crippen molar-refractivity contribution in [1.82, 2.24) is 0 Å². The summed E-state index contributed by atoms with van der Waals surface area (Å²) in [5.41, 5.74) is -0.696. The predicted octanol–water partition coefficient (Wildman–Crippen LogP) is 2.69. The van der Waals surface area contributed by atoms with Crippen LogP contribution in [0.5, 0.6) is 0 Å². The molecule has 116 valence electrons. The van der Waals surface area contributed by atoms with Crippen molar-refractivity contribution in [3.8, 4) is 0 Å². The zero-order valence-corrected chi connectivity index (χ0v) is 11.5. The van der Waals surface area contributed by atoms with Crippen LogP contribution in [-0.2, 0) is 4.84 Å². The van der Waals surface area contributed by atoms with Gasteiger partial charge in [0, 0.05) is 6.07 Å². The molecule has 0 aliphatic carbocycles. The third-order valence-corrected chi connectivity index (χ3v) is 2.76. The van der Waals surface area contributed by atoms with Crippen LogP contribution in [0.3, 0.4) is 0 Å². The van der Waals surface area contributed by atoms with Crippen molar-refractivity contribution in [2.75, 3.05) is 0 Å². The maximum atomic E-state index is 11.6. The zero-order chi connectivity index (χ0) is 16.8. The lowest BCUT2D eigenvalue weighted by Gasteiger charge is -1.98. The second-order valence-corrected chi connectivity index (χ2v) is 4.24. The van der Waals surface area contributed by atoms with Gasteiger partial charge in [0.2, 0.25) is 0 Å². The number of non-ortho nitro benzene ring substituents is 1. The molecule has 0 aliphatic heterocycles. The molecule has 0 fully saturated rings. The van der Waals surface area contributed by atoms with Gasteiger partial charge in [0.15, 0.2) is 0 Å². The van der Waals surface area contributed by atoms with Crippen LogP contribution in [0.25, 0.3) is 0 Å². The van der Waals surface area contributed by atoms with E-state index in [2.05, 4.69) is 9.99 Å². The van der Waals surface area contributed by atoms with E-state index >= 15 is 0 Å². The third-order valence-electron chi connectivity index (χ3n) is 2.76. The third kappa shape index (κ3) is 3.94. The molecule has 0 saturated heterocycles. The molecule has 9 heteroatoms. The van der Waals surface area contributed by atoms with Crippen LogP contribution in [0.1, 0.15) is 15.9 Å². The van der Waals surface area contributed by atoms with Gasteiger partial charge >= 0.3 is 5.97 Å². The summed E-state index contributed by atoms with van der Waals surface area (Å²) in [6.45, 7) is 0. The minimum Gasteiger partial charge on any atom is -0.313 e. The maximum Gasteiger partial charge on any atom is 0.365 e. The highest BCUT2D eigenvalue weighted by Crippen LogP contribution is 2.23. The summed E-state index contributed by atoms with van der Waals surface area (Å²) in [4.78, 5) is 36.3. The van der Waals surface area contributed by atoms with E-state index in [4.69, 9.17) is 0 Å². The smallest absolute Gasteiger partial charge is 0.313 e. The van der Waals surface area contributed by atoms with E-state index in [1.165, 1.54) is 12.1 Å². The lowest BCUT2D eigenvalue weighted by Crippen LogP contribution is -2.01. The van der Waals surface area contributed by atoms with Crippen molar-refractivity contribution in [1.29, 1.82) is 0 Å². The van der Waals surface area contributed by atoms with Crippen LogP contribution in [-0.4, -0.2) is 22.0 Å². The summed E-state index contributed by atoms with van der Waals surface area (Å²) in [6.07, 6.45) is 0.947. The second kappa shape index (κ2) is 6.89. The molecular weight excluding hydrogens is 306 g/mol. The molecule has 0 N–H and O–H groups in total. The minimum atomic E-state index is -0.784. The number of carbonyl (C=O) groups excluding carboxylic acids is 1. The molecule has 0 aliphatic rings. The summed E-state index contributed by atoms with van der Waals surface area (Å²) in [7, 11) is 0. The molecule has 0 radical (unpaired) electrons. The molecule has 0 spiro atoms. The average molecular weight is 315 g/mol. The van der Waals surface area contributed by atoms with E-state index in [1.54, 1.807) is 18.2 Å². The van der Waals surface area contributed by atoms with Gasteiger partial charge in [0.1, 0.15) is 0 Å². The largest absolute Gasteiger partial charge is 0.365 e. The van der Waals surface area contributed by atoms with Crippen LogP contribution in [0, 0.1) is 20.2 Å². The first-order valence-electron chi connectivity index (χ1n) is 6.21. The molecule has 0 bridgehead atoms. The highest BCUT2D eigenvalue weighted by Gasteiger charge is 2.18. The molecule has 9 nitrogen and oxygen atoms in total. The Morgan fingerprint density at radius 2 is 1.74 bits per heavy atom. The number of nitrogens with zero attached hydrogens (tertiary/aromatic N) is 3. The summed E-state index contributed by atoms with van der Waals surface area (Å²) < 4.78 is 0.